The number of urea groups is 1. The molecule has 0 bridgehead atoms. The molecule has 176 valence electrons. The molecule has 2 aliphatic heterocycles. The van der Waals surface area contributed by atoms with Gasteiger partial charge in [-0.1, -0.05) is 6.07 Å². The van der Waals surface area contributed by atoms with Crippen LogP contribution in [0, 0.1) is 0 Å². The van der Waals surface area contributed by atoms with Gasteiger partial charge in [-0.05, 0) is 42.0 Å². The first-order chi connectivity index (χ1) is 16.9. The molecule has 2 aliphatic rings. The molecule has 2 aromatic carbocycles. The molecule has 11 nitrogen and oxygen atoms in total. The van der Waals surface area contributed by atoms with Gasteiger partial charge in [0.1, 0.15) is 17.1 Å². The van der Waals surface area contributed by atoms with Gasteiger partial charge in [0, 0.05) is 29.1 Å². The average Bonchev–Trinajstić information content (AvgIpc) is 3.60. The van der Waals surface area contributed by atoms with Crippen LogP contribution in [0.1, 0.15) is 21.7 Å². The SMILES string of the molecule is COc1ccc2c(c1)C(=O)N(C[C@@]1(c3cc4cc(-c5cc(=O)[nH][nH]5)ccc4o3)NC(=O)NC1=O)C2. The lowest BCUT2D eigenvalue weighted by Gasteiger charge is -2.29. The second-order valence-corrected chi connectivity index (χ2v) is 8.53. The van der Waals surface area contributed by atoms with E-state index in [1.54, 1.807) is 42.5 Å². The first-order valence-corrected chi connectivity index (χ1v) is 10.8. The van der Waals surface area contributed by atoms with Gasteiger partial charge in [0.15, 0.2) is 5.54 Å². The quantitative estimate of drug-likeness (QED) is 0.325. The monoisotopic (exact) mass is 473 g/mol. The van der Waals surface area contributed by atoms with Crippen LogP contribution in [-0.4, -0.2) is 46.6 Å². The number of carbonyl (C=O) groups is 3. The van der Waals surface area contributed by atoms with E-state index < -0.39 is 17.5 Å². The topological polar surface area (TPSA) is 150 Å². The van der Waals surface area contributed by atoms with Crippen LogP contribution in [0.25, 0.3) is 22.2 Å². The van der Waals surface area contributed by atoms with Gasteiger partial charge in [-0.2, -0.15) is 0 Å². The minimum Gasteiger partial charge on any atom is -0.497 e. The van der Waals surface area contributed by atoms with Gasteiger partial charge in [-0.3, -0.25) is 29.9 Å². The van der Waals surface area contributed by atoms with E-state index in [-0.39, 0.29) is 30.3 Å². The maximum absolute atomic E-state index is 13.2. The highest BCUT2D eigenvalue weighted by atomic mass is 16.5. The van der Waals surface area contributed by atoms with E-state index in [9.17, 15) is 19.2 Å². The van der Waals surface area contributed by atoms with Crippen LogP contribution in [0.15, 0.2) is 57.7 Å². The number of nitrogens with zero attached hydrogens (tertiary/aromatic N) is 1. The number of rotatable bonds is 5. The number of aromatic nitrogens is 2. The molecule has 4 N–H and O–H groups in total. The summed E-state index contributed by atoms with van der Waals surface area (Å²) in [5, 5.41) is 10.9. The smallest absolute Gasteiger partial charge is 0.322 e. The van der Waals surface area contributed by atoms with Gasteiger partial charge in [-0.15, -0.1) is 0 Å². The van der Waals surface area contributed by atoms with Gasteiger partial charge < -0.3 is 19.4 Å². The highest BCUT2D eigenvalue weighted by Gasteiger charge is 2.53. The van der Waals surface area contributed by atoms with Crippen molar-refractivity contribution in [2.24, 2.45) is 0 Å². The Bertz CT molecular complexity index is 1600. The maximum Gasteiger partial charge on any atom is 0.322 e. The summed E-state index contributed by atoms with van der Waals surface area (Å²) < 4.78 is 11.2. The lowest BCUT2D eigenvalue weighted by molar-refractivity contribution is -0.125. The number of carbonyl (C=O) groups excluding carboxylic acids is 3. The van der Waals surface area contributed by atoms with Crippen LogP contribution in [0.4, 0.5) is 4.79 Å². The molecule has 1 saturated heterocycles. The summed E-state index contributed by atoms with van der Waals surface area (Å²) >= 11 is 0. The van der Waals surface area contributed by atoms with E-state index in [2.05, 4.69) is 20.8 Å². The highest BCUT2D eigenvalue weighted by Crippen LogP contribution is 2.35. The van der Waals surface area contributed by atoms with Gasteiger partial charge in [-0.25, -0.2) is 4.79 Å². The van der Waals surface area contributed by atoms with Crippen molar-refractivity contribution in [2.45, 2.75) is 12.1 Å². The zero-order valence-corrected chi connectivity index (χ0v) is 18.4. The van der Waals surface area contributed by atoms with Crippen LogP contribution < -0.4 is 20.9 Å². The third-order valence-corrected chi connectivity index (χ3v) is 6.41. The Morgan fingerprint density at radius 2 is 1.89 bits per heavy atom. The largest absolute Gasteiger partial charge is 0.497 e. The van der Waals surface area contributed by atoms with E-state index in [4.69, 9.17) is 9.15 Å². The van der Waals surface area contributed by atoms with Crippen molar-refractivity contribution in [1.82, 2.24) is 25.7 Å². The molecular weight excluding hydrogens is 454 g/mol. The third kappa shape index (κ3) is 3.20. The van der Waals surface area contributed by atoms with Gasteiger partial charge in [0.05, 0.1) is 19.3 Å². The van der Waals surface area contributed by atoms with Gasteiger partial charge in [0.2, 0.25) is 0 Å². The number of H-pyrrole nitrogens is 2. The minimum atomic E-state index is -1.61. The molecule has 4 amide bonds. The number of hydrogen-bond donors (Lipinski definition) is 4. The zero-order valence-electron chi connectivity index (χ0n) is 18.4. The summed E-state index contributed by atoms with van der Waals surface area (Å²) in [5.74, 6) is -0.144. The third-order valence-electron chi connectivity index (χ3n) is 6.41. The highest BCUT2D eigenvalue weighted by molar-refractivity contribution is 6.08. The summed E-state index contributed by atoms with van der Waals surface area (Å²) in [5.41, 5.74) is 1.22. The maximum atomic E-state index is 13.2. The second-order valence-electron chi connectivity index (χ2n) is 8.53. The van der Waals surface area contributed by atoms with Crippen LogP contribution >= 0.6 is 0 Å². The molecule has 1 atom stereocenters. The summed E-state index contributed by atoms with van der Waals surface area (Å²) in [4.78, 5) is 51.4. The van der Waals surface area contributed by atoms with Crippen LogP contribution in [0.5, 0.6) is 5.75 Å². The molecule has 6 rings (SSSR count). The fourth-order valence-electron chi connectivity index (χ4n) is 4.64. The van der Waals surface area contributed by atoms with E-state index in [0.29, 0.717) is 28.0 Å². The molecule has 2 aromatic heterocycles. The molecule has 11 heteroatoms. The molecule has 1 fully saturated rings. The van der Waals surface area contributed by atoms with Crippen molar-refractivity contribution in [3.8, 4) is 17.0 Å². The Kier molecular flexibility index (Phi) is 4.37. The van der Waals surface area contributed by atoms with Crippen LogP contribution in [0.2, 0.25) is 0 Å². The Morgan fingerprint density at radius 1 is 1.03 bits per heavy atom. The number of imide groups is 1. The molecule has 4 aromatic rings. The number of amides is 4. The number of ether oxygens (including phenoxy) is 1. The normalized spacial score (nSPS) is 19.2. The summed E-state index contributed by atoms with van der Waals surface area (Å²) in [6.45, 7) is 0.145. The first-order valence-electron chi connectivity index (χ1n) is 10.8. The van der Waals surface area contributed by atoms with E-state index >= 15 is 0 Å². The summed E-state index contributed by atoms with van der Waals surface area (Å²) in [7, 11) is 1.52. The van der Waals surface area contributed by atoms with Crippen molar-refractivity contribution in [1.29, 1.82) is 0 Å². The van der Waals surface area contributed by atoms with E-state index in [1.165, 1.54) is 18.1 Å². The standard InChI is InChI=1S/C24H19N5O6/c1-34-15-4-2-13-10-29(21(31)16(13)8-15)11-24(22(32)25-23(33)26-24)19-7-14-6-12(3-5-18(14)35-19)17-9-20(30)28-27-17/h2-9H,10-11H2,1H3,(H2,27,28,30)(H2,25,26,32,33)/t24-/m0/s1. The number of benzene rings is 2. The number of hydrogen-bond acceptors (Lipinski definition) is 6. The average molecular weight is 473 g/mol. The molecule has 0 saturated carbocycles. The predicted octanol–water partition coefficient (Wildman–Crippen LogP) is 1.82. The first kappa shape index (κ1) is 20.8. The molecule has 4 heterocycles. The molecule has 0 aliphatic carbocycles. The number of aromatic amines is 2. The Labute approximate surface area is 197 Å². The van der Waals surface area contributed by atoms with Gasteiger partial charge in [0.25, 0.3) is 17.4 Å². The summed E-state index contributed by atoms with van der Waals surface area (Å²) in [6, 6.07) is 12.9. The number of furan rings is 1. The molecule has 0 radical (unpaired) electrons. The number of nitrogens with one attached hydrogen (secondary N) is 4. The predicted molar refractivity (Wildman–Crippen MR) is 123 cm³/mol. The summed E-state index contributed by atoms with van der Waals surface area (Å²) in [6.07, 6.45) is 0. The van der Waals surface area contributed by atoms with Crippen molar-refractivity contribution in [3.05, 3.63) is 75.8 Å². The molecule has 0 spiro atoms. The molecular formula is C24H19N5O6. The lowest BCUT2D eigenvalue weighted by atomic mass is 9.95. The Morgan fingerprint density at radius 3 is 2.60 bits per heavy atom. The number of methoxy groups -OCH3 is 1. The van der Waals surface area contributed by atoms with Crippen LogP contribution in [-0.2, 0) is 16.9 Å². The molecule has 0 unspecified atom stereocenters. The van der Waals surface area contributed by atoms with Crippen molar-refractivity contribution in [3.63, 3.8) is 0 Å². The fourth-order valence-corrected chi connectivity index (χ4v) is 4.64. The zero-order chi connectivity index (χ0) is 24.3. The van der Waals surface area contributed by atoms with Gasteiger partial charge >= 0.3 is 6.03 Å². The lowest BCUT2D eigenvalue weighted by Crippen LogP contribution is -2.52. The minimum absolute atomic E-state index is 0.127. The van der Waals surface area contributed by atoms with Crippen LogP contribution in [0.3, 0.4) is 0 Å². The second kappa shape index (κ2) is 7.35. The Hall–Kier alpha value is -4.80. The fraction of sp³-hybridized carbons (Fsp3) is 0.167. The van der Waals surface area contributed by atoms with Crippen molar-refractivity contribution >= 4 is 28.8 Å². The van der Waals surface area contributed by atoms with E-state index in [1.807, 2.05) is 0 Å². The van der Waals surface area contributed by atoms with E-state index in [0.717, 1.165) is 11.1 Å². The Balaban J connectivity index is 1.39. The molecule has 35 heavy (non-hydrogen) atoms. The van der Waals surface area contributed by atoms with Crippen molar-refractivity contribution in [2.75, 3.05) is 13.7 Å². The number of fused-ring (bicyclic) bond motifs is 2. The van der Waals surface area contributed by atoms with Crippen molar-refractivity contribution < 1.29 is 23.5 Å².